The zero-order valence-electron chi connectivity index (χ0n) is 24.8. The second kappa shape index (κ2) is 12.2. The number of halogens is 4. The first-order chi connectivity index (χ1) is 23.4. The zero-order valence-corrected chi connectivity index (χ0v) is 26.4. The lowest BCUT2D eigenvalue weighted by atomic mass is 9.91. The van der Waals surface area contributed by atoms with Crippen molar-refractivity contribution in [2.45, 2.75) is 46.8 Å². The standard InChI is InChI=1S/C34H24F4N6O2S2/c35-25-15-7-13-23(27(25)37)33(29(45-33)21-9-3-1-4-10-21)17-43-31(39-19-41-43)47-48-32-40-20-42-44(32)18-34(24-14-8-16-26(36)28(24)38)30(46-34)22-11-5-2-6-12-22/h1-16,19-20,29-30H,17-18H2. The highest BCUT2D eigenvalue weighted by Gasteiger charge is 2.61. The van der Waals surface area contributed by atoms with E-state index < -0.39 is 46.7 Å². The average molecular weight is 689 g/mol. The molecule has 4 aromatic carbocycles. The third-order valence-corrected chi connectivity index (χ3v) is 10.7. The van der Waals surface area contributed by atoms with Gasteiger partial charge < -0.3 is 9.47 Å². The molecule has 14 heteroatoms. The topological polar surface area (TPSA) is 86.5 Å². The van der Waals surface area contributed by atoms with Gasteiger partial charge in [-0.2, -0.15) is 10.2 Å². The summed E-state index contributed by atoms with van der Waals surface area (Å²) < 4.78 is 74.7. The van der Waals surface area contributed by atoms with Gasteiger partial charge in [0.2, 0.25) is 0 Å². The van der Waals surface area contributed by atoms with Gasteiger partial charge in [0.05, 0.1) is 13.1 Å². The molecule has 0 bridgehead atoms. The Labute approximate surface area is 279 Å². The van der Waals surface area contributed by atoms with E-state index >= 15 is 8.78 Å². The third-order valence-electron chi connectivity index (χ3n) is 8.53. The van der Waals surface area contributed by atoms with E-state index in [0.717, 1.165) is 23.3 Å². The van der Waals surface area contributed by atoms with Crippen molar-refractivity contribution in [1.29, 1.82) is 0 Å². The number of epoxide rings is 2. The van der Waals surface area contributed by atoms with Gasteiger partial charge in [-0.05, 0) is 44.8 Å². The molecule has 0 N–H and O–H groups in total. The molecule has 0 aliphatic carbocycles. The Hall–Kier alpha value is -4.50. The smallest absolute Gasteiger partial charge is 0.197 e. The highest BCUT2D eigenvalue weighted by molar-refractivity contribution is 8.76. The summed E-state index contributed by atoms with van der Waals surface area (Å²) in [5.41, 5.74) is -0.642. The van der Waals surface area contributed by atoms with Gasteiger partial charge in [-0.3, -0.25) is 0 Å². The van der Waals surface area contributed by atoms with E-state index in [-0.39, 0.29) is 24.2 Å². The second-order valence-electron chi connectivity index (χ2n) is 11.4. The normalized spacial score (nSPS) is 22.9. The molecule has 2 aliphatic rings. The summed E-state index contributed by atoms with van der Waals surface area (Å²) in [6, 6.07) is 26.7. The van der Waals surface area contributed by atoms with Crippen LogP contribution in [0.4, 0.5) is 17.6 Å². The van der Waals surface area contributed by atoms with Crippen molar-refractivity contribution >= 4 is 21.6 Å². The van der Waals surface area contributed by atoms with Crippen LogP contribution < -0.4 is 0 Å². The van der Waals surface area contributed by atoms with Gasteiger partial charge in [0.15, 0.2) is 33.6 Å². The summed E-state index contributed by atoms with van der Waals surface area (Å²) in [7, 11) is 2.45. The Morgan fingerprint density at radius 1 is 0.562 bits per heavy atom. The minimum atomic E-state index is -1.22. The molecule has 0 amide bonds. The molecule has 8 rings (SSSR count). The molecular formula is C34H24F4N6O2S2. The van der Waals surface area contributed by atoms with Crippen LogP contribution in [0.1, 0.15) is 34.5 Å². The first-order valence-corrected chi connectivity index (χ1v) is 17.0. The SMILES string of the molecule is Fc1cccc(C2(Cn3ncnc3SSc3ncnn3CC3(c4cccc(F)c4F)OC3c3ccccc3)OC2c2ccccc2)c1F. The van der Waals surface area contributed by atoms with Gasteiger partial charge in [-0.1, -0.05) is 84.9 Å². The molecule has 2 fully saturated rings. The fraction of sp³-hybridized carbons (Fsp3) is 0.176. The van der Waals surface area contributed by atoms with E-state index in [1.807, 2.05) is 60.7 Å². The van der Waals surface area contributed by atoms with Gasteiger partial charge in [0.25, 0.3) is 0 Å². The first-order valence-electron chi connectivity index (χ1n) is 14.8. The number of aromatic nitrogens is 6. The molecule has 0 saturated carbocycles. The lowest BCUT2D eigenvalue weighted by Crippen LogP contribution is -2.22. The minimum Gasteiger partial charge on any atom is -0.354 e. The fourth-order valence-electron chi connectivity index (χ4n) is 6.14. The molecule has 0 radical (unpaired) electrons. The molecule has 2 aliphatic heterocycles. The number of hydrogen-bond donors (Lipinski definition) is 0. The number of nitrogens with zero attached hydrogens (tertiary/aromatic N) is 6. The fourth-order valence-corrected chi connectivity index (χ4v) is 8.08. The molecule has 0 spiro atoms. The first kappa shape index (κ1) is 30.8. The van der Waals surface area contributed by atoms with Crippen LogP contribution in [0.15, 0.2) is 120 Å². The van der Waals surface area contributed by atoms with Gasteiger partial charge in [0.1, 0.15) is 36.1 Å². The summed E-state index contributed by atoms with van der Waals surface area (Å²) in [5.74, 6) is -3.90. The summed E-state index contributed by atoms with van der Waals surface area (Å²) in [4.78, 5) is 8.79. The van der Waals surface area contributed by atoms with Crippen LogP contribution in [-0.2, 0) is 33.8 Å². The van der Waals surface area contributed by atoms with Crippen LogP contribution >= 0.6 is 21.6 Å². The van der Waals surface area contributed by atoms with Crippen molar-refractivity contribution in [1.82, 2.24) is 29.5 Å². The maximum atomic E-state index is 15.2. The van der Waals surface area contributed by atoms with E-state index in [4.69, 9.17) is 9.47 Å². The van der Waals surface area contributed by atoms with Gasteiger partial charge in [0, 0.05) is 11.1 Å². The number of ether oxygens (including phenoxy) is 2. The quantitative estimate of drug-likeness (QED) is 0.0784. The Morgan fingerprint density at radius 3 is 1.40 bits per heavy atom. The third kappa shape index (κ3) is 5.38. The Kier molecular flexibility index (Phi) is 7.82. The van der Waals surface area contributed by atoms with Crippen molar-refractivity contribution in [2.24, 2.45) is 0 Å². The van der Waals surface area contributed by atoms with Crippen molar-refractivity contribution in [3.05, 3.63) is 155 Å². The molecule has 2 aromatic heterocycles. The highest BCUT2D eigenvalue weighted by Crippen LogP contribution is 2.60. The molecule has 2 saturated heterocycles. The maximum Gasteiger partial charge on any atom is 0.197 e. The van der Waals surface area contributed by atoms with Crippen molar-refractivity contribution in [3.63, 3.8) is 0 Å². The lowest BCUT2D eigenvalue weighted by Gasteiger charge is -2.17. The number of rotatable bonds is 11. The Balaban J connectivity index is 1.05. The van der Waals surface area contributed by atoms with Crippen molar-refractivity contribution in [3.8, 4) is 0 Å². The molecule has 4 atom stereocenters. The Morgan fingerprint density at radius 2 is 0.979 bits per heavy atom. The van der Waals surface area contributed by atoms with E-state index in [1.165, 1.54) is 58.5 Å². The van der Waals surface area contributed by atoms with E-state index in [1.54, 1.807) is 9.36 Å². The summed E-state index contributed by atoms with van der Waals surface area (Å²) in [6.07, 6.45) is 1.66. The molecule has 242 valence electrons. The summed E-state index contributed by atoms with van der Waals surface area (Å²) in [6.45, 7) is 0.105. The molecule has 4 heterocycles. The minimum absolute atomic E-state index is 0.0527. The number of benzene rings is 4. The van der Waals surface area contributed by atoms with Crippen LogP contribution in [0.2, 0.25) is 0 Å². The maximum absolute atomic E-state index is 15.2. The number of hydrogen-bond acceptors (Lipinski definition) is 8. The zero-order chi connectivity index (χ0) is 32.9. The predicted octanol–water partition coefficient (Wildman–Crippen LogP) is 7.56. The summed E-state index contributed by atoms with van der Waals surface area (Å²) >= 11 is 0. The van der Waals surface area contributed by atoms with Crippen LogP contribution in [0.25, 0.3) is 0 Å². The van der Waals surface area contributed by atoms with E-state index in [2.05, 4.69) is 20.2 Å². The van der Waals surface area contributed by atoms with E-state index in [0.29, 0.717) is 10.3 Å². The Bertz CT molecular complexity index is 1950. The van der Waals surface area contributed by atoms with Crippen LogP contribution in [-0.4, -0.2) is 29.5 Å². The van der Waals surface area contributed by atoms with Crippen molar-refractivity contribution < 1.29 is 27.0 Å². The van der Waals surface area contributed by atoms with Gasteiger partial charge >= 0.3 is 0 Å². The second-order valence-corrected chi connectivity index (χ2v) is 13.4. The lowest BCUT2D eigenvalue weighted by molar-refractivity contribution is 0.248. The van der Waals surface area contributed by atoms with E-state index in [9.17, 15) is 8.78 Å². The van der Waals surface area contributed by atoms with Crippen LogP contribution in [0, 0.1) is 23.3 Å². The molecule has 6 aromatic rings. The molecule has 4 unspecified atom stereocenters. The van der Waals surface area contributed by atoms with Crippen LogP contribution in [0.5, 0.6) is 0 Å². The molecular weight excluding hydrogens is 665 g/mol. The van der Waals surface area contributed by atoms with Crippen LogP contribution in [0.3, 0.4) is 0 Å². The molecule has 8 nitrogen and oxygen atoms in total. The highest BCUT2D eigenvalue weighted by atomic mass is 33.1. The summed E-state index contributed by atoms with van der Waals surface area (Å²) in [5, 5.41) is 9.65. The largest absolute Gasteiger partial charge is 0.354 e. The average Bonchev–Trinajstić information content (AvgIpc) is 3.89. The van der Waals surface area contributed by atoms with Gasteiger partial charge in [-0.15, -0.1) is 0 Å². The molecule has 48 heavy (non-hydrogen) atoms. The monoisotopic (exact) mass is 688 g/mol. The predicted molar refractivity (Wildman–Crippen MR) is 168 cm³/mol. The van der Waals surface area contributed by atoms with Gasteiger partial charge in [-0.25, -0.2) is 36.9 Å². The van der Waals surface area contributed by atoms with Crippen molar-refractivity contribution in [2.75, 3.05) is 0 Å².